The highest BCUT2D eigenvalue weighted by Crippen LogP contribution is 2.33. The fourth-order valence-electron chi connectivity index (χ4n) is 2.56. The van der Waals surface area contributed by atoms with Crippen LogP contribution in [0.25, 0.3) is 0 Å². The SMILES string of the molecule is C[n+]1cccc(CCC2Nc3ccc([N+](=O)[O-])cc3N2)c1. The van der Waals surface area contributed by atoms with Crippen molar-refractivity contribution in [2.75, 3.05) is 10.6 Å². The van der Waals surface area contributed by atoms with E-state index in [4.69, 9.17) is 0 Å². The van der Waals surface area contributed by atoms with Gasteiger partial charge >= 0.3 is 0 Å². The van der Waals surface area contributed by atoms with Crippen molar-refractivity contribution in [3.63, 3.8) is 0 Å². The van der Waals surface area contributed by atoms with E-state index in [2.05, 4.69) is 22.9 Å². The molecule has 1 aliphatic rings. The van der Waals surface area contributed by atoms with Gasteiger partial charge in [-0.2, -0.15) is 0 Å². The molecule has 0 saturated carbocycles. The molecule has 108 valence electrons. The van der Waals surface area contributed by atoms with E-state index in [0.29, 0.717) is 0 Å². The molecule has 1 atom stereocenters. The first-order valence-corrected chi connectivity index (χ1v) is 6.87. The quantitative estimate of drug-likeness (QED) is 0.513. The molecule has 0 amide bonds. The smallest absolute Gasteiger partial charge is 0.271 e. The van der Waals surface area contributed by atoms with Gasteiger partial charge in [0.1, 0.15) is 7.05 Å². The zero-order chi connectivity index (χ0) is 14.8. The van der Waals surface area contributed by atoms with Gasteiger partial charge in [-0.25, -0.2) is 4.57 Å². The van der Waals surface area contributed by atoms with E-state index in [9.17, 15) is 10.1 Å². The van der Waals surface area contributed by atoms with Crippen LogP contribution < -0.4 is 15.2 Å². The summed E-state index contributed by atoms with van der Waals surface area (Å²) in [6.07, 6.45) is 6.06. The standard InChI is InChI=1S/C15H17N4O2/c1-18-8-2-3-11(10-18)4-7-15-16-13-6-5-12(19(20)21)9-14(13)17-15/h2-3,5-6,8-10,15-17H,4,7H2,1H3/q+1. The number of hydrogen-bond acceptors (Lipinski definition) is 4. The number of nitro groups is 1. The topological polar surface area (TPSA) is 71.1 Å². The van der Waals surface area contributed by atoms with E-state index < -0.39 is 0 Å². The maximum atomic E-state index is 10.8. The molecule has 1 aromatic carbocycles. The van der Waals surface area contributed by atoms with Gasteiger partial charge in [-0.3, -0.25) is 10.1 Å². The van der Waals surface area contributed by atoms with E-state index in [0.717, 1.165) is 24.2 Å². The van der Waals surface area contributed by atoms with Crippen LogP contribution in [0.3, 0.4) is 0 Å². The lowest BCUT2D eigenvalue weighted by molar-refractivity contribution is -0.671. The average molecular weight is 285 g/mol. The predicted molar refractivity (Wildman–Crippen MR) is 80.1 cm³/mol. The van der Waals surface area contributed by atoms with Gasteiger partial charge < -0.3 is 10.6 Å². The van der Waals surface area contributed by atoms with E-state index in [1.807, 2.05) is 23.9 Å². The van der Waals surface area contributed by atoms with Crippen LogP contribution in [0.2, 0.25) is 0 Å². The molecule has 0 fully saturated rings. The Kier molecular flexibility index (Phi) is 3.43. The second kappa shape index (κ2) is 5.40. The highest BCUT2D eigenvalue weighted by atomic mass is 16.6. The number of fused-ring (bicyclic) bond motifs is 1. The highest BCUT2D eigenvalue weighted by Gasteiger charge is 2.21. The molecular formula is C15H17N4O2+. The molecule has 0 radical (unpaired) electrons. The zero-order valence-electron chi connectivity index (χ0n) is 11.7. The summed E-state index contributed by atoms with van der Waals surface area (Å²) in [5, 5.41) is 17.4. The molecule has 1 aliphatic heterocycles. The Hall–Kier alpha value is -2.63. The number of nitro benzene ring substituents is 1. The molecule has 2 heterocycles. The van der Waals surface area contributed by atoms with Gasteiger partial charge in [-0.1, -0.05) is 0 Å². The lowest BCUT2D eigenvalue weighted by atomic mass is 10.1. The van der Waals surface area contributed by atoms with E-state index in [1.165, 1.54) is 11.6 Å². The molecule has 1 aromatic heterocycles. The van der Waals surface area contributed by atoms with Crippen LogP contribution in [-0.4, -0.2) is 11.1 Å². The largest absolute Gasteiger partial charge is 0.364 e. The maximum Gasteiger partial charge on any atom is 0.271 e. The first kappa shape index (κ1) is 13.4. The average Bonchev–Trinajstić information content (AvgIpc) is 2.87. The molecule has 0 bridgehead atoms. The number of hydrogen-bond donors (Lipinski definition) is 2. The molecule has 2 N–H and O–H groups in total. The lowest BCUT2D eigenvalue weighted by Crippen LogP contribution is -2.27. The van der Waals surface area contributed by atoms with Gasteiger partial charge in [0.05, 0.1) is 22.5 Å². The molecule has 21 heavy (non-hydrogen) atoms. The normalized spacial score (nSPS) is 16.0. The first-order chi connectivity index (χ1) is 10.1. The summed E-state index contributed by atoms with van der Waals surface area (Å²) in [7, 11) is 2.00. The van der Waals surface area contributed by atoms with Crippen molar-refractivity contribution in [2.24, 2.45) is 7.05 Å². The summed E-state index contributed by atoms with van der Waals surface area (Å²) in [5.74, 6) is 0. The van der Waals surface area contributed by atoms with E-state index >= 15 is 0 Å². The number of nitrogens with zero attached hydrogens (tertiary/aromatic N) is 2. The number of anilines is 2. The summed E-state index contributed by atoms with van der Waals surface area (Å²) in [4.78, 5) is 10.4. The van der Waals surface area contributed by atoms with Gasteiger partial charge in [0, 0.05) is 23.8 Å². The third kappa shape index (κ3) is 2.94. The van der Waals surface area contributed by atoms with Crippen LogP contribution in [0.15, 0.2) is 42.7 Å². The van der Waals surface area contributed by atoms with Gasteiger partial charge in [0.2, 0.25) is 0 Å². The Balaban J connectivity index is 1.64. The summed E-state index contributed by atoms with van der Waals surface area (Å²) >= 11 is 0. The summed E-state index contributed by atoms with van der Waals surface area (Å²) in [6.45, 7) is 0. The van der Waals surface area contributed by atoms with Crippen molar-refractivity contribution >= 4 is 17.1 Å². The van der Waals surface area contributed by atoms with Crippen molar-refractivity contribution < 1.29 is 9.49 Å². The number of aryl methyl sites for hydroxylation is 2. The zero-order valence-corrected chi connectivity index (χ0v) is 11.7. The van der Waals surface area contributed by atoms with Crippen molar-refractivity contribution in [2.45, 2.75) is 19.0 Å². The van der Waals surface area contributed by atoms with E-state index in [-0.39, 0.29) is 16.8 Å². The second-order valence-electron chi connectivity index (χ2n) is 5.24. The molecule has 2 aromatic rings. The van der Waals surface area contributed by atoms with Gasteiger partial charge in [-0.15, -0.1) is 0 Å². The van der Waals surface area contributed by atoms with Gasteiger partial charge in [-0.05, 0) is 25.0 Å². The predicted octanol–water partition coefficient (Wildman–Crippen LogP) is 2.22. The molecular weight excluding hydrogens is 268 g/mol. The van der Waals surface area contributed by atoms with Crippen LogP contribution in [0.4, 0.5) is 17.1 Å². The fourth-order valence-corrected chi connectivity index (χ4v) is 2.56. The minimum atomic E-state index is -0.376. The summed E-state index contributed by atoms with van der Waals surface area (Å²) in [6, 6.07) is 8.98. The monoisotopic (exact) mass is 285 g/mol. The fraction of sp³-hybridized carbons (Fsp3) is 0.267. The molecule has 0 spiro atoms. The van der Waals surface area contributed by atoms with Crippen molar-refractivity contribution in [1.29, 1.82) is 0 Å². The van der Waals surface area contributed by atoms with E-state index in [1.54, 1.807) is 12.1 Å². The molecule has 1 unspecified atom stereocenters. The molecule has 6 heteroatoms. The van der Waals surface area contributed by atoms with Gasteiger partial charge in [0.25, 0.3) is 5.69 Å². The van der Waals surface area contributed by atoms with Crippen molar-refractivity contribution in [1.82, 2.24) is 0 Å². The van der Waals surface area contributed by atoms with Crippen molar-refractivity contribution in [3.8, 4) is 0 Å². The number of benzene rings is 1. The second-order valence-corrected chi connectivity index (χ2v) is 5.24. The number of non-ortho nitro benzene ring substituents is 1. The minimum absolute atomic E-state index is 0.104. The third-order valence-corrected chi connectivity index (χ3v) is 3.60. The molecule has 3 rings (SSSR count). The molecule has 6 nitrogen and oxygen atoms in total. The summed E-state index contributed by atoms with van der Waals surface area (Å²) < 4.78 is 2.03. The number of rotatable bonds is 4. The lowest BCUT2D eigenvalue weighted by Gasteiger charge is -2.11. The number of pyridine rings is 1. The Labute approximate surface area is 122 Å². The molecule has 0 saturated heterocycles. The van der Waals surface area contributed by atoms with Crippen LogP contribution >= 0.6 is 0 Å². The van der Waals surface area contributed by atoms with Crippen LogP contribution in [0.5, 0.6) is 0 Å². The molecule has 0 aliphatic carbocycles. The number of aromatic nitrogens is 1. The summed E-state index contributed by atoms with van der Waals surface area (Å²) in [5.41, 5.74) is 3.10. The Bertz CT molecular complexity index is 687. The van der Waals surface area contributed by atoms with Crippen LogP contribution in [0, 0.1) is 10.1 Å². The van der Waals surface area contributed by atoms with Crippen molar-refractivity contribution in [3.05, 3.63) is 58.4 Å². The Morgan fingerprint density at radius 2 is 2.10 bits per heavy atom. The maximum absolute atomic E-state index is 10.8. The van der Waals surface area contributed by atoms with Gasteiger partial charge in [0.15, 0.2) is 12.4 Å². The van der Waals surface area contributed by atoms with Crippen LogP contribution in [0.1, 0.15) is 12.0 Å². The highest BCUT2D eigenvalue weighted by molar-refractivity contribution is 5.76. The minimum Gasteiger partial charge on any atom is -0.364 e. The van der Waals surface area contributed by atoms with Crippen LogP contribution in [-0.2, 0) is 13.5 Å². The Morgan fingerprint density at radius 3 is 2.86 bits per heavy atom. The number of nitrogens with one attached hydrogen (secondary N) is 2. The Morgan fingerprint density at radius 1 is 1.29 bits per heavy atom. The third-order valence-electron chi connectivity index (χ3n) is 3.60. The first-order valence-electron chi connectivity index (χ1n) is 6.87.